The van der Waals surface area contributed by atoms with Gasteiger partial charge in [0.05, 0.1) is 11.6 Å². The number of nitrogens with one attached hydrogen (secondary N) is 1. The molecule has 0 aromatic heterocycles. The van der Waals surface area contributed by atoms with Gasteiger partial charge in [0.1, 0.15) is 5.16 Å². The summed E-state index contributed by atoms with van der Waals surface area (Å²) in [7, 11) is 0. The van der Waals surface area contributed by atoms with Gasteiger partial charge in [-0.2, -0.15) is 0 Å². The first-order valence-electron chi connectivity index (χ1n) is 2.90. The standard InChI is InChI=1S/C6H6Cl3NO/c7-4-1-2-5(8)10-6(4,9)3-11/h1-2,10-11H,3H2. The highest BCUT2D eigenvalue weighted by molar-refractivity contribution is 6.40. The van der Waals surface area contributed by atoms with Crippen LogP contribution in [0.1, 0.15) is 0 Å². The highest BCUT2D eigenvalue weighted by atomic mass is 35.5. The lowest BCUT2D eigenvalue weighted by molar-refractivity contribution is 0.251. The summed E-state index contributed by atoms with van der Waals surface area (Å²) in [4.78, 5) is -1.15. The van der Waals surface area contributed by atoms with Gasteiger partial charge in [-0.25, -0.2) is 0 Å². The molecule has 0 fully saturated rings. The molecule has 0 saturated heterocycles. The Balaban J connectivity index is 2.89. The highest BCUT2D eigenvalue weighted by Gasteiger charge is 2.32. The van der Waals surface area contributed by atoms with E-state index < -0.39 is 5.00 Å². The van der Waals surface area contributed by atoms with Crippen LogP contribution in [0.5, 0.6) is 0 Å². The molecular weight excluding hydrogens is 208 g/mol. The Bertz CT molecular complexity index is 226. The van der Waals surface area contributed by atoms with E-state index in [0.717, 1.165) is 0 Å². The Labute approximate surface area is 79.4 Å². The van der Waals surface area contributed by atoms with Crippen LogP contribution in [0, 0.1) is 0 Å². The normalized spacial score (nSPS) is 30.5. The number of aliphatic hydroxyl groups excluding tert-OH is 1. The van der Waals surface area contributed by atoms with Crippen LogP contribution in [0.15, 0.2) is 22.3 Å². The van der Waals surface area contributed by atoms with Crippen molar-refractivity contribution in [2.45, 2.75) is 5.00 Å². The fraction of sp³-hybridized carbons (Fsp3) is 0.333. The van der Waals surface area contributed by atoms with E-state index in [0.29, 0.717) is 10.2 Å². The van der Waals surface area contributed by atoms with Crippen LogP contribution < -0.4 is 5.32 Å². The Kier molecular flexibility index (Phi) is 2.70. The summed E-state index contributed by atoms with van der Waals surface area (Å²) in [5.41, 5.74) is 0. The average Bonchev–Trinajstić information content (AvgIpc) is 1.98. The first kappa shape index (κ1) is 9.20. The fourth-order valence-corrected chi connectivity index (χ4v) is 1.29. The monoisotopic (exact) mass is 213 g/mol. The molecule has 2 nitrogen and oxygen atoms in total. The first-order chi connectivity index (χ1) is 5.08. The summed E-state index contributed by atoms with van der Waals surface area (Å²) in [5, 5.41) is 12.2. The smallest absolute Gasteiger partial charge is 0.172 e. The SMILES string of the molecule is OCC1(Cl)NC(Cl)=CC=C1Cl. The van der Waals surface area contributed by atoms with Gasteiger partial charge in [0.15, 0.2) is 5.00 Å². The Morgan fingerprint density at radius 2 is 2.09 bits per heavy atom. The predicted octanol–water partition coefficient (Wildman–Crippen LogP) is 1.72. The third kappa shape index (κ3) is 1.82. The minimum atomic E-state index is -1.15. The van der Waals surface area contributed by atoms with E-state index >= 15 is 0 Å². The molecule has 1 atom stereocenters. The molecule has 0 radical (unpaired) electrons. The molecule has 2 N–H and O–H groups in total. The Morgan fingerprint density at radius 1 is 1.45 bits per heavy atom. The number of alkyl halides is 1. The molecule has 0 spiro atoms. The van der Waals surface area contributed by atoms with Crippen LogP contribution in [-0.4, -0.2) is 16.7 Å². The molecule has 0 aromatic carbocycles. The van der Waals surface area contributed by atoms with Gasteiger partial charge in [0, 0.05) is 0 Å². The lowest BCUT2D eigenvalue weighted by Crippen LogP contribution is -2.43. The van der Waals surface area contributed by atoms with Gasteiger partial charge in [-0.1, -0.05) is 34.8 Å². The van der Waals surface area contributed by atoms with Crippen molar-refractivity contribution < 1.29 is 5.11 Å². The first-order valence-corrected chi connectivity index (χ1v) is 4.03. The summed E-state index contributed by atoms with van der Waals surface area (Å²) in [5.74, 6) is 0. The minimum Gasteiger partial charge on any atom is -0.392 e. The molecule has 0 aliphatic carbocycles. The van der Waals surface area contributed by atoms with Gasteiger partial charge in [-0.15, -0.1) is 0 Å². The summed E-state index contributed by atoms with van der Waals surface area (Å²) in [6.07, 6.45) is 3.11. The lowest BCUT2D eigenvalue weighted by Gasteiger charge is -2.28. The Hall–Kier alpha value is 0.110. The van der Waals surface area contributed by atoms with Crippen molar-refractivity contribution in [3.63, 3.8) is 0 Å². The van der Waals surface area contributed by atoms with Crippen LogP contribution in [0.4, 0.5) is 0 Å². The maximum Gasteiger partial charge on any atom is 0.172 e. The zero-order valence-corrected chi connectivity index (χ0v) is 7.71. The van der Waals surface area contributed by atoms with Gasteiger partial charge in [0.2, 0.25) is 0 Å². The highest BCUT2D eigenvalue weighted by Crippen LogP contribution is 2.30. The number of rotatable bonds is 1. The third-order valence-corrected chi connectivity index (χ3v) is 2.47. The number of hydrogen-bond acceptors (Lipinski definition) is 2. The molecule has 11 heavy (non-hydrogen) atoms. The van der Waals surface area contributed by atoms with Crippen molar-refractivity contribution in [3.05, 3.63) is 22.3 Å². The quantitative estimate of drug-likeness (QED) is 0.515. The molecule has 1 unspecified atom stereocenters. The lowest BCUT2D eigenvalue weighted by atomic mass is 10.2. The van der Waals surface area contributed by atoms with Crippen molar-refractivity contribution in [3.8, 4) is 0 Å². The van der Waals surface area contributed by atoms with Crippen molar-refractivity contribution in [1.29, 1.82) is 0 Å². The molecule has 1 aliphatic rings. The van der Waals surface area contributed by atoms with Gasteiger partial charge in [-0.3, -0.25) is 0 Å². The summed E-state index contributed by atoms with van der Waals surface area (Å²) >= 11 is 17.1. The van der Waals surface area contributed by atoms with Gasteiger partial charge >= 0.3 is 0 Å². The zero-order valence-electron chi connectivity index (χ0n) is 5.44. The molecule has 0 amide bonds. The van der Waals surface area contributed by atoms with E-state index in [1.54, 1.807) is 12.2 Å². The van der Waals surface area contributed by atoms with Gasteiger partial charge in [-0.05, 0) is 12.2 Å². The second-order valence-electron chi connectivity index (χ2n) is 2.11. The third-order valence-electron chi connectivity index (χ3n) is 1.29. The molecule has 0 aromatic rings. The maximum absolute atomic E-state index is 8.83. The topological polar surface area (TPSA) is 32.3 Å². The van der Waals surface area contributed by atoms with Crippen LogP contribution in [0.3, 0.4) is 0 Å². The zero-order chi connectivity index (χ0) is 8.48. The number of dihydropyridines is 1. The molecule has 62 valence electrons. The van der Waals surface area contributed by atoms with Gasteiger partial charge in [0.25, 0.3) is 0 Å². The number of halogens is 3. The summed E-state index contributed by atoms with van der Waals surface area (Å²) in [6.45, 7) is -0.312. The molecule has 5 heteroatoms. The molecular formula is C6H6Cl3NO. The van der Waals surface area contributed by atoms with Crippen molar-refractivity contribution in [2.24, 2.45) is 0 Å². The van der Waals surface area contributed by atoms with Crippen molar-refractivity contribution in [2.75, 3.05) is 6.61 Å². The maximum atomic E-state index is 8.83. The van der Waals surface area contributed by atoms with Gasteiger partial charge < -0.3 is 10.4 Å². The average molecular weight is 214 g/mol. The largest absolute Gasteiger partial charge is 0.392 e. The van der Waals surface area contributed by atoms with Crippen molar-refractivity contribution in [1.82, 2.24) is 5.32 Å². The van der Waals surface area contributed by atoms with Crippen LogP contribution in [0.25, 0.3) is 0 Å². The fourth-order valence-electron chi connectivity index (χ4n) is 0.684. The van der Waals surface area contributed by atoms with E-state index in [9.17, 15) is 0 Å². The van der Waals surface area contributed by atoms with Crippen LogP contribution in [0.2, 0.25) is 0 Å². The van der Waals surface area contributed by atoms with E-state index in [4.69, 9.17) is 39.9 Å². The molecule has 0 saturated carbocycles. The Morgan fingerprint density at radius 3 is 2.55 bits per heavy atom. The number of aliphatic hydroxyl groups is 1. The minimum absolute atomic E-state index is 0.312. The van der Waals surface area contributed by atoms with Crippen molar-refractivity contribution >= 4 is 34.8 Å². The molecule has 1 heterocycles. The van der Waals surface area contributed by atoms with E-state index in [1.165, 1.54) is 0 Å². The second-order valence-corrected chi connectivity index (χ2v) is 3.57. The second kappa shape index (κ2) is 3.23. The van der Waals surface area contributed by atoms with E-state index in [1.807, 2.05) is 0 Å². The molecule has 0 bridgehead atoms. The summed E-state index contributed by atoms with van der Waals surface area (Å²) < 4.78 is 0. The van der Waals surface area contributed by atoms with Crippen LogP contribution >= 0.6 is 34.8 Å². The predicted molar refractivity (Wildman–Crippen MR) is 46.7 cm³/mol. The van der Waals surface area contributed by atoms with Crippen LogP contribution in [-0.2, 0) is 0 Å². The number of hydrogen-bond donors (Lipinski definition) is 2. The van der Waals surface area contributed by atoms with E-state index in [2.05, 4.69) is 5.32 Å². The molecule has 1 rings (SSSR count). The van der Waals surface area contributed by atoms with E-state index in [-0.39, 0.29) is 6.61 Å². The number of allylic oxidation sites excluding steroid dienone is 2. The molecule has 1 aliphatic heterocycles. The summed E-state index contributed by atoms with van der Waals surface area (Å²) in [6, 6.07) is 0.